The van der Waals surface area contributed by atoms with Crippen LogP contribution in [0.4, 0.5) is 5.69 Å². The van der Waals surface area contributed by atoms with E-state index < -0.39 is 5.97 Å². The van der Waals surface area contributed by atoms with E-state index in [1.165, 1.54) is 6.07 Å². The smallest absolute Gasteiger partial charge is 0.336 e. The quantitative estimate of drug-likeness (QED) is 0.879. The van der Waals surface area contributed by atoms with Crippen LogP contribution >= 0.6 is 0 Å². The molecule has 0 aliphatic carbocycles. The molecule has 0 aliphatic rings. The Morgan fingerprint density at radius 3 is 2.21 bits per heavy atom. The molecule has 0 unspecified atom stereocenters. The van der Waals surface area contributed by atoms with Crippen molar-refractivity contribution in [2.24, 2.45) is 0 Å². The van der Waals surface area contributed by atoms with Crippen molar-refractivity contribution in [3.8, 4) is 5.75 Å². The number of carbonyl (C=O) groups excluding carboxylic acids is 1. The first-order valence-electron chi connectivity index (χ1n) is 7.63. The van der Waals surface area contributed by atoms with E-state index in [9.17, 15) is 14.7 Å². The average molecular weight is 327 g/mol. The first kappa shape index (κ1) is 17.5. The number of hydrogen-bond acceptors (Lipinski definition) is 3. The second-order valence-electron chi connectivity index (χ2n) is 5.84. The van der Waals surface area contributed by atoms with E-state index in [0.29, 0.717) is 17.0 Å². The molecule has 24 heavy (non-hydrogen) atoms. The third-order valence-corrected chi connectivity index (χ3v) is 3.83. The van der Waals surface area contributed by atoms with Gasteiger partial charge in [-0.1, -0.05) is 24.3 Å². The highest BCUT2D eigenvalue weighted by Crippen LogP contribution is 2.23. The van der Waals surface area contributed by atoms with Crippen molar-refractivity contribution in [3.05, 3.63) is 58.1 Å². The Hall–Kier alpha value is -2.82. The Morgan fingerprint density at radius 2 is 1.62 bits per heavy atom. The van der Waals surface area contributed by atoms with E-state index in [0.717, 1.165) is 16.7 Å². The third-order valence-electron chi connectivity index (χ3n) is 3.83. The zero-order valence-corrected chi connectivity index (χ0v) is 14.3. The van der Waals surface area contributed by atoms with Crippen LogP contribution in [0.25, 0.3) is 0 Å². The standard InChI is InChI=1S/C19H21NO4/c1-11-6-5-7-12(2)18(11)24-10-17(21)20-16-9-15(19(22)23)13(3)8-14(16)4/h5-9H,10H2,1-4H3,(H,20,21)(H,22,23). The third kappa shape index (κ3) is 3.93. The summed E-state index contributed by atoms with van der Waals surface area (Å²) in [6.45, 7) is 7.25. The fraction of sp³-hybridized carbons (Fsp3) is 0.263. The van der Waals surface area contributed by atoms with Crippen LogP contribution in [-0.2, 0) is 4.79 Å². The molecule has 2 N–H and O–H groups in total. The highest BCUT2D eigenvalue weighted by atomic mass is 16.5. The van der Waals surface area contributed by atoms with Crippen molar-refractivity contribution in [2.45, 2.75) is 27.7 Å². The first-order valence-corrected chi connectivity index (χ1v) is 7.63. The van der Waals surface area contributed by atoms with Gasteiger partial charge in [0.2, 0.25) is 0 Å². The Balaban J connectivity index is 2.10. The van der Waals surface area contributed by atoms with E-state index in [-0.39, 0.29) is 18.1 Å². The summed E-state index contributed by atoms with van der Waals surface area (Å²) in [4.78, 5) is 23.4. The SMILES string of the molecule is Cc1cc(C)c(C(=O)O)cc1NC(=O)COc1c(C)cccc1C. The monoisotopic (exact) mass is 327 g/mol. The molecule has 1 amide bonds. The minimum Gasteiger partial charge on any atom is -0.483 e. The fourth-order valence-electron chi connectivity index (χ4n) is 2.57. The molecule has 2 rings (SSSR count). The first-order chi connectivity index (χ1) is 11.3. The molecule has 0 atom stereocenters. The number of anilines is 1. The van der Waals surface area contributed by atoms with Crippen molar-refractivity contribution in [2.75, 3.05) is 11.9 Å². The van der Waals surface area contributed by atoms with Gasteiger partial charge in [-0.2, -0.15) is 0 Å². The van der Waals surface area contributed by atoms with Gasteiger partial charge in [-0.05, 0) is 56.0 Å². The number of ether oxygens (including phenoxy) is 1. The molecule has 0 spiro atoms. The van der Waals surface area contributed by atoms with Crippen LogP contribution in [0.5, 0.6) is 5.75 Å². The topological polar surface area (TPSA) is 75.6 Å². The predicted octanol–water partition coefficient (Wildman–Crippen LogP) is 3.64. The summed E-state index contributed by atoms with van der Waals surface area (Å²) < 4.78 is 5.61. The molecule has 0 saturated heterocycles. The molecule has 0 radical (unpaired) electrons. The van der Waals surface area contributed by atoms with Gasteiger partial charge in [0.25, 0.3) is 5.91 Å². The van der Waals surface area contributed by atoms with Crippen molar-refractivity contribution in [3.63, 3.8) is 0 Å². The summed E-state index contributed by atoms with van der Waals surface area (Å²) in [5.74, 6) is -0.657. The van der Waals surface area contributed by atoms with Crippen LogP contribution in [0.2, 0.25) is 0 Å². The number of carbonyl (C=O) groups is 2. The van der Waals surface area contributed by atoms with Crippen LogP contribution in [-0.4, -0.2) is 23.6 Å². The number of aromatic carboxylic acids is 1. The number of aryl methyl sites for hydroxylation is 4. The van der Waals surface area contributed by atoms with Crippen LogP contribution < -0.4 is 10.1 Å². The Bertz CT molecular complexity index is 776. The van der Waals surface area contributed by atoms with Gasteiger partial charge in [0.05, 0.1) is 5.56 Å². The van der Waals surface area contributed by atoms with Gasteiger partial charge in [-0.3, -0.25) is 4.79 Å². The molecule has 0 saturated carbocycles. The molecule has 2 aromatic rings. The van der Waals surface area contributed by atoms with Crippen LogP contribution in [0.1, 0.15) is 32.6 Å². The van der Waals surface area contributed by atoms with Gasteiger partial charge in [0.1, 0.15) is 5.75 Å². The summed E-state index contributed by atoms with van der Waals surface area (Å²) in [5, 5.41) is 11.9. The Kier molecular flexibility index (Phi) is 5.24. The molecular weight excluding hydrogens is 306 g/mol. The van der Waals surface area contributed by atoms with Gasteiger partial charge in [0, 0.05) is 5.69 Å². The second-order valence-corrected chi connectivity index (χ2v) is 5.84. The predicted molar refractivity (Wildman–Crippen MR) is 92.9 cm³/mol. The number of carboxylic acids is 1. The van der Waals surface area contributed by atoms with Crippen molar-refractivity contribution in [1.82, 2.24) is 0 Å². The van der Waals surface area contributed by atoms with Gasteiger partial charge in [-0.25, -0.2) is 4.79 Å². The van der Waals surface area contributed by atoms with Gasteiger partial charge >= 0.3 is 5.97 Å². The average Bonchev–Trinajstić information content (AvgIpc) is 2.49. The van der Waals surface area contributed by atoms with E-state index >= 15 is 0 Å². The molecule has 0 aromatic heterocycles. The zero-order chi connectivity index (χ0) is 17.9. The fourth-order valence-corrected chi connectivity index (χ4v) is 2.57. The van der Waals surface area contributed by atoms with E-state index in [2.05, 4.69) is 5.32 Å². The molecular formula is C19H21NO4. The van der Waals surface area contributed by atoms with Gasteiger partial charge in [-0.15, -0.1) is 0 Å². The minimum absolute atomic E-state index is 0.137. The lowest BCUT2D eigenvalue weighted by molar-refractivity contribution is -0.118. The molecule has 0 heterocycles. The molecule has 0 bridgehead atoms. The number of carboxylic acid groups (broad SMARTS) is 1. The number of hydrogen-bond donors (Lipinski definition) is 2. The lowest BCUT2D eigenvalue weighted by Gasteiger charge is -2.14. The molecule has 5 nitrogen and oxygen atoms in total. The molecule has 126 valence electrons. The number of amides is 1. The second kappa shape index (κ2) is 7.17. The number of para-hydroxylation sites is 1. The summed E-state index contributed by atoms with van der Waals surface area (Å²) in [6, 6.07) is 8.99. The van der Waals surface area contributed by atoms with E-state index in [4.69, 9.17) is 4.74 Å². The van der Waals surface area contributed by atoms with Crippen LogP contribution in [0.15, 0.2) is 30.3 Å². The lowest BCUT2D eigenvalue weighted by Crippen LogP contribution is -2.21. The van der Waals surface area contributed by atoms with Crippen molar-refractivity contribution < 1.29 is 19.4 Å². The van der Waals surface area contributed by atoms with Crippen molar-refractivity contribution >= 4 is 17.6 Å². The molecule has 0 fully saturated rings. The summed E-state index contributed by atoms with van der Waals surface area (Å²) >= 11 is 0. The number of nitrogens with one attached hydrogen (secondary N) is 1. The maximum atomic E-state index is 12.1. The number of rotatable bonds is 5. The zero-order valence-electron chi connectivity index (χ0n) is 14.3. The van der Waals surface area contributed by atoms with Gasteiger partial charge < -0.3 is 15.2 Å². The molecule has 0 aliphatic heterocycles. The molecule has 5 heteroatoms. The maximum absolute atomic E-state index is 12.1. The summed E-state index contributed by atoms with van der Waals surface area (Å²) in [6.07, 6.45) is 0. The van der Waals surface area contributed by atoms with Crippen LogP contribution in [0.3, 0.4) is 0 Å². The largest absolute Gasteiger partial charge is 0.483 e. The minimum atomic E-state index is -1.02. The Morgan fingerprint density at radius 1 is 1.00 bits per heavy atom. The van der Waals surface area contributed by atoms with Crippen molar-refractivity contribution in [1.29, 1.82) is 0 Å². The Labute approximate surface area is 141 Å². The van der Waals surface area contributed by atoms with E-state index in [1.807, 2.05) is 39.0 Å². The van der Waals surface area contributed by atoms with Crippen LogP contribution in [0, 0.1) is 27.7 Å². The highest BCUT2D eigenvalue weighted by molar-refractivity contribution is 5.96. The number of benzene rings is 2. The highest BCUT2D eigenvalue weighted by Gasteiger charge is 2.13. The summed E-state index contributed by atoms with van der Waals surface area (Å²) in [7, 11) is 0. The summed E-state index contributed by atoms with van der Waals surface area (Å²) in [5.41, 5.74) is 4.03. The lowest BCUT2D eigenvalue weighted by atomic mass is 10.0. The maximum Gasteiger partial charge on any atom is 0.336 e. The normalized spacial score (nSPS) is 10.3. The van der Waals surface area contributed by atoms with E-state index in [1.54, 1.807) is 13.0 Å². The van der Waals surface area contributed by atoms with Gasteiger partial charge in [0.15, 0.2) is 6.61 Å². The molecule has 2 aromatic carbocycles.